The third-order valence-electron chi connectivity index (χ3n) is 6.84. The zero-order valence-electron chi connectivity index (χ0n) is 25.7. The topological polar surface area (TPSA) is 91.2 Å². The van der Waals surface area contributed by atoms with Crippen LogP contribution in [0, 0.1) is 11.8 Å². The molecule has 1 fully saturated rings. The first-order valence-electron chi connectivity index (χ1n) is 15.0. The number of nitrogens with two attached hydrogens (primary N) is 1. The van der Waals surface area contributed by atoms with Crippen LogP contribution in [0.1, 0.15) is 95.0 Å². The molecule has 228 valence electrons. The third kappa shape index (κ3) is 12.2. The van der Waals surface area contributed by atoms with E-state index in [1.54, 1.807) is 17.2 Å². The number of H-pyrrole nitrogens is 1. The normalized spacial score (nSPS) is 17.1. The summed E-state index contributed by atoms with van der Waals surface area (Å²) < 4.78 is 0. The molecule has 42 heavy (non-hydrogen) atoms. The molecule has 3 rings (SSSR count). The number of aromatic amines is 1. The number of benzene rings is 1. The second kappa shape index (κ2) is 20.1. The Bertz CT molecular complexity index is 1200. The van der Waals surface area contributed by atoms with Crippen molar-refractivity contribution in [3.8, 4) is 11.8 Å². The van der Waals surface area contributed by atoms with Crippen LogP contribution >= 0.6 is 23.5 Å². The minimum absolute atomic E-state index is 0.00287. The van der Waals surface area contributed by atoms with Gasteiger partial charge in [0.15, 0.2) is 0 Å². The zero-order valence-corrected chi connectivity index (χ0v) is 27.3. The Kier molecular flexibility index (Phi) is 16.9. The fourth-order valence-electron chi connectivity index (χ4n) is 4.15. The van der Waals surface area contributed by atoms with Gasteiger partial charge in [0.25, 0.3) is 0 Å². The molecule has 2 amide bonds. The van der Waals surface area contributed by atoms with E-state index in [0.717, 1.165) is 47.5 Å². The maximum atomic E-state index is 13.4. The molecule has 3 atom stereocenters. The van der Waals surface area contributed by atoms with Crippen molar-refractivity contribution < 1.29 is 9.59 Å². The van der Waals surface area contributed by atoms with Crippen molar-refractivity contribution in [3.63, 3.8) is 0 Å². The van der Waals surface area contributed by atoms with Gasteiger partial charge >= 0.3 is 0 Å². The van der Waals surface area contributed by atoms with Crippen LogP contribution in [-0.2, 0) is 9.59 Å². The third-order valence-corrected chi connectivity index (χ3v) is 9.22. The summed E-state index contributed by atoms with van der Waals surface area (Å²) in [5.74, 6) is 6.24. The number of hydrogen-bond acceptors (Lipinski definition) is 5. The molecule has 1 saturated heterocycles. The molecule has 1 aromatic heterocycles. The Morgan fingerprint density at radius 1 is 1.19 bits per heavy atom. The summed E-state index contributed by atoms with van der Waals surface area (Å²) in [4.78, 5) is 32.6. The van der Waals surface area contributed by atoms with Crippen LogP contribution in [-0.4, -0.2) is 46.1 Å². The van der Waals surface area contributed by atoms with Gasteiger partial charge in [0, 0.05) is 36.8 Å². The fourth-order valence-corrected chi connectivity index (χ4v) is 6.17. The molecule has 0 aliphatic carbocycles. The Balaban J connectivity index is 0.00000144. The quantitative estimate of drug-likeness (QED) is 0.195. The van der Waals surface area contributed by atoms with E-state index in [4.69, 9.17) is 5.73 Å². The highest BCUT2D eigenvalue weighted by atomic mass is 32.2. The highest BCUT2D eigenvalue weighted by Crippen LogP contribution is 2.44. The summed E-state index contributed by atoms with van der Waals surface area (Å²) >= 11 is 3.09. The molecule has 2 aromatic rings. The Morgan fingerprint density at radius 2 is 1.93 bits per heavy atom. The van der Waals surface area contributed by atoms with E-state index in [1.807, 2.05) is 60.4 Å². The number of hydrogen-bond donors (Lipinski definition) is 3. The molecule has 4 N–H and O–H groups in total. The van der Waals surface area contributed by atoms with Gasteiger partial charge in [-0.3, -0.25) is 9.59 Å². The first-order valence-corrected chi connectivity index (χ1v) is 16.9. The summed E-state index contributed by atoms with van der Waals surface area (Å²) in [5.41, 5.74) is 8.78. The minimum atomic E-state index is -0.425. The molecule has 6 nitrogen and oxygen atoms in total. The molecule has 0 spiro atoms. The number of allylic oxidation sites excluding steroid dienone is 1. The monoisotopic (exact) mass is 608 g/mol. The zero-order chi connectivity index (χ0) is 30.7. The summed E-state index contributed by atoms with van der Waals surface area (Å²) in [5, 5.41) is 4.14. The van der Waals surface area contributed by atoms with Crippen LogP contribution in [0.15, 0.2) is 65.4 Å². The number of carbonyl (C=O) groups is 2. The summed E-state index contributed by atoms with van der Waals surface area (Å²) in [7, 11) is 0. The lowest BCUT2D eigenvalue weighted by Crippen LogP contribution is -2.35. The first-order chi connectivity index (χ1) is 20.4. The van der Waals surface area contributed by atoms with Gasteiger partial charge in [-0.2, -0.15) is 0 Å². The van der Waals surface area contributed by atoms with E-state index in [0.29, 0.717) is 13.1 Å². The molecule has 1 aromatic carbocycles. The largest absolute Gasteiger partial charge is 0.356 e. The van der Waals surface area contributed by atoms with Crippen LogP contribution < -0.4 is 11.1 Å². The highest BCUT2D eigenvalue weighted by Gasteiger charge is 2.42. The average Bonchev–Trinajstić information content (AvgIpc) is 3.60. The Labute approximate surface area is 261 Å². The molecule has 2 heterocycles. The van der Waals surface area contributed by atoms with Crippen molar-refractivity contribution in [2.75, 3.05) is 13.1 Å². The summed E-state index contributed by atoms with van der Waals surface area (Å²) in [6, 6.07) is 13.9. The van der Waals surface area contributed by atoms with Gasteiger partial charge < -0.3 is 20.9 Å². The Hall–Kier alpha value is -2.86. The van der Waals surface area contributed by atoms with E-state index in [1.165, 1.54) is 24.6 Å². The van der Waals surface area contributed by atoms with E-state index < -0.39 is 5.25 Å². The van der Waals surface area contributed by atoms with E-state index >= 15 is 0 Å². The lowest BCUT2D eigenvalue weighted by atomic mass is 10.1. The Morgan fingerprint density at radius 3 is 2.57 bits per heavy atom. The molecule has 0 bridgehead atoms. The molecule has 0 radical (unpaired) electrons. The summed E-state index contributed by atoms with van der Waals surface area (Å²) in [6.07, 6.45) is 8.16. The van der Waals surface area contributed by atoms with Gasteiger partial charge in [0.2, 0.25) is 11.8 Å². The van der Waals surface area contributed by atoms with Gasteiger partial charge in [-0.15, -0.1) is 23.5 Å². The van der Waals surface area contributed by atoms with Crippen LogP contribution in [0.3, 0.4) is 0 Å². The van der Waals surface area contributed by atoms with Crippen molar-refractivity contribution in [2.45, 2.75) is 89.3 Å². The van der Waals surface area contributed by atoms with Gasteiger partial charge in [0.1, 0.15) is 5.37 Å². The molecule has 1 aliphatic heterocycles. The molecule has 8 heteroatoms. The SMILES string of the molecule is C=CS/C(=C\C)CCNC(=O)CC1SC(c2ccc(C#Cc3ccccc3)[nH]2)N(CCCC(N)CC)C1=O.CCCC. The van der Waals surface area contributed by atoms with Gasteiger partial charge in [-0.25, -0.2) is 0 Å². The predicted molar refractivity (Wildman–Crippen MR) is 181 cm³/mol. The number of carbonyl (C=O) groups excluding carboxylic acids is 2. The predicted octanol–water partition coefficient (Wildman–Crippen LogP) is 7.36. The number of thioether (sulfide) groups is 2. The van der Waals surface area contributed by atoms with E-state index in [-0.39, 0.29) is 29.7 Å². The molecule has 0 saturated carbocycles. The first kappa shape index (κ1) is 35.3. The molecule has 3 unspecified atom stereocenters. The van der Waals surface area contributed by atoms with Crippen molar-refractivity contribution in [1.82, 2.24) is 15.2 Å². The number of rotatable bonds is 14. The number of nitrogens with one attached hydrogen (secondary N) is 2. The maximum absolute atomic E-state index is 13.4. The standard InChI is InChI=1S/C30H38N4O2S2.C4H10/c1-4-23(31)13-10-20-34-29(36)27(21-28(35)32-19-18-25(5-2)37-6-3)38-30(34)26-17-16-24(33-26)15-14-22-11-8-7-9-12-22;1-3-4-2/h5-9,11-12,16-17,23,27,30,33H,3-4,10,13,18-21,31H2,1-2H3,(H,32,35);3-4H2,1-2H3/b25-5-;. The number of aromatic nitrogens is 1. The fraction of sp³-hybridized carbons (Fsp3) is 0.471. The second-order valence-electron chi connectivity index (χ2n) is 10.1. The lowest BCUT2D eigenvalue weighted by Gasteiger charge is -2.23. The van der Waals surface area contributed by atoms with Crippen LogP contribution in [0.2, 0.25) is 0 Å². The van der Waals surface area contributed by atoms with Crippen LogP contribution in [0.4, 0.5) is 0 Å². The van der Waals surface area contributed by atoms with Crippen LogP contribution in [0.5, 0.6) is 0 Å². The number of nitrogens with zero attached hydrogens (tertiary/aromatic N) is 1. The number of amides is 2. The van der Waals surface area contributed by atoms with Crippen molar-refractivity contribution in [3.05, 3.63) is 82.4 Å². The smallest absolute Gasteiger partial charge is 0.237 e. The van der Waals surface area contributed by atoms with E-state index in [9.17, 15) is 9.59 Å². The van der Waals surface area contributed by atoms with Crippen molar-refractivity contribution >= 4 is 35.3 Å². The molecular formula is C34H48N4O2S2. The van der Waals surface area contributed by atoms with Crippen molar-refractivity contribution in [1.29, 1.82) is 0 Å². The average molecular weight is 609 g/mol. The second-order valence-corrected chi connectivity index (χ2v) is 12.5. The van der Waals surface area contributed by atoms with Crippen LogP contribution in [0.25, 0.3) is 0 Å². The highest BCUT2D eigenvalue weighted by molar-refractivity contribution is 8.05. The van der Waals surface area contributed by atoms with Crippen molar-refractivity contribution in [2.24, 2.45) is 5.73 Å². The lowest BCUT2D eigenvalue weighted by molar-refractivity contribution is -0.132. The minimum Gasteiger partial charge on any atom is -0.356 e. The van der Waals surface area contributed by atoms with E-state index in [2.05, 4.69) is 49.5 Å². The number of unbranched alkanes of at least 4 members (excludes halogenated alkanes) is 1. The van der Waals surface area contributed by atoms with Gasteiger partial charge in [-0.05, 0) is 73.1 Å². The van der Waals surface area contributed by atoms with Gasteiger partial charge in [0.05, 0.1) is 10.9 Å². The molecule has 1 aliphatic rings. The van der Waals surface area contributed by atoms with Gasteiger partial charge in [-0.1, -0.05) is 70.4 Å². The maximum Gasteiger partial charge on any atom is 0.237 e. The summed E-state index contributed by atoms with van der Waals surface area (Å²) in [6.45, 7) is 13.3. The molecular weight excluding hydrogens is 561 g/mol.